The molecule has 0 unspecified atom stereocenters. The van der Waals surface area contributed by atoms with Crippen LogP contribution in [-0.4, -0.2) is 4.98 Å². The van der Waals surface area contributed by atoms with Gasteiger partial charge in [-0.05, 0) is 17.5 Å². The van der Waals surface area contributed by atoms with Crippen molar-refractivity contribution in [2.24, 2.45) is 0 Å². The van der Waals surface area contributed by atoms with E-state index in [9.17, 15) is 0 Å². The highest BCUT2D eigenvalue weighted by atomic mass is 32.1. The van der Waals surface area contributed by atoms with Crippen LogP contribution in [0.3, 0.4) is 0 Å². The minimum Gasteiger partial charge on any atom is -0.367 e. The predicted molar refractivity (Wildman–Crippen MR) is 58.4 cm³/mol. The smallest absolute Gasteiger partial charge is 0.293 e. The van der Waals surface area contributed by atoms with E-state index in [1.54, 1.807) is 12.5 Å². The van der Waals surface area contributed by atoms with Crippen LogP contribution in [0.5, 0.6) is 5.88 Å². The molecule has 2 rings (SSSR count). The van der Waals surface area contributed by atoms with Crippen molar-refractivity contribution in [2.45, 2.75) is 0 Å². The van der Waals surface area contributed by atoms with Crippen LogP contribution >= 0.6 is 13.5 Å². The Labute approximate surface area is 88.4 Å². The van der Waals surface area contributed by atoms with Crippen LogP contribution in [-0.2, 0) is 0 Å². The molecule has 0 saturated carbocycles. The second kappa shape index (κ2) is 4.49. The molecule has 1 heterocycles. The van der Waals surface area contributed by atoms with E-state index in [4.69, 9.17) is 10.00 Å². The van der Waals surface area contributed by atoms with Gasteiger partial charge in [0.2, 0.25) is 5.88 Å². The number of hydrogen-bond acceptors (Lipinski definition) is 3. The number of nitrogens with zero attached hydrogens (tertiary/aromatic N) is 2. The highest BCUT2D eigenvalue weighted by molar-refractivity contribution is 7.59. The van der Waals surface area contributed by atoms with Gasteiger partial charge < -0.3 is 4.74 Å². The molecule has 0 saturated heterocycles. The Bertz CT molecular complexity index is 474. The average molecular weight is 204 g/mol. The van der Waals surface area contributed by atoms with Crippen LogP contribution in [0.4, 0.5) is 0 Å². The normalized spacial score (nSPS) is 8.79. The Morgan fingerprint density at radius 1 is 1.21 bits per heavy atom. The van der Waals surface area contributed by atoms with Crippen LogP contribution < -0.4 is 4.74 Å². The van der Waals surface area contributed by atoms with Crippen molar-refractivity contribution in [3.63, 3.8) is 0 Å². The van der Waals surface area contributed by atoms with E-state index in [1.807, 2.05) is 30.3 Å². The molecule has 0 aliphatic rings. The third-order valence-electron chi connectivity index (χ3n) is 1.78. The van der Waals surface area contributed by atoms with Crippen LogP contribution in [0.15, 0.2) is 36.5 Å². The van der Waals surface area contributed by atoms with E-state index in [1.165, 1.54) is 0 Å². The molecule has 0 radical (unpaired) electrons. The van der Waals surface area contributed by atoms with Gasteiger partial charge in [0.25, 0.3) is 6.26 Å². The van der Waals surface area contributed by atoms with Gasteiger partial charge in [-0.1, -0.05) is 18.2 Å². The Morgan fingerprint density at radius 2 is 2.00 bits per heavy atom. The number of ether oxygens (including phenoxy) is 1. The van der Waals surface area contributed by atoms with Crippen LogP contribution in [0, 0.1) is 11.5 Å². The summed E-state index contributed by atoms with van der Waals surface area (Å²) in [6.07, 6.45) is 3.23. The first-order valence-electron chi connectivity index (χ1n) is 3.81. The van der Waals surface area contributed by atoms with Gasteiger partial charge in [0, 0.05) is 11.6 Å². The number of rotatable bonds is 1. The topological polar surface area (TPSA) is 45.9 Å². The molecular formula is C10H8N2OS. The number of hydrogen-bond donors (Lipinski definition) is 0. The Morgan fingerprint density at radius 3 is 2.79 bits per heavy atom. The second-order valence-corrected chi connectivity index (χ2v) is 2.53. The summed E-state index contributed by atoms with van der Waals surface area (Å²) >= 11 is 0. The fourth-order valence-corrected chi connectivity index (χ4v) is 1.22. The molecule has 0 bridgehead atoms. The molecule has 1 aromatic heterocycles. The summed E-state index contributed by atoms with van der Waals surface area (Å²) < 4.78 is 4.71. The molecule has 0 spiro atoms. The van der Waals surface area contributed by atoms with Crippen LogP contribution in [0.25, 0.3) is 10.8 Å². The fourth-order valence-electron chi connectivity index (χ4n) is 1.22. The third-order valence-corrected chi connectivity index (χ3v) is 1.78. The van der Waals surface area contributed by atoms with Crippen molar-refractivity contribution in [2.75, 3.05) is 0 Å². The summed E-state index contributed by atoms with van der Waals surface area (Å²) in [5.74, 6) is 0.362. The lowest BCUT2D eigenvalue weighted by Gasteiger charge is -1.99. The number of fused-ring (bicyclic) bond motifs is 1. The zero-order valence-electron chi connectivity index (χ0n) is 7.27. The van der Waals surface area contributed by atoms with Crippen molar-refractivity contribution in [3.05, 3.63) is 36.5 Å². The highest BCUT2D eigenvalue weighted by Gasteiger charge is 2.01. The summed E-state index contributed by atoms with van der Waals surface area (Å²) in [5.41, 5.74) is 0. The molecule has 0 N–H and O–H groups in total. The first kappa shape index (κ1) is 10.4. The summed E-state index contributed by atoms with van der Waals surface area (Å²) in [6, 6.07) is 9.50. The Balaban J connectivity index is 0.000000980. The highest BCUT2D eigenvalue weighted by Crippen LogP contribution is 2.21. The Kier molecular flexibility index (Phi) is 3.32. The van der Waals surface area contributed by atoms with E-state index in [-0.39, 0.29) is 13.5 Å². The molecule has 0 amide bonds. The summed E-state index contributed by atoms with van der Waals surface area (Å²) in [4.78, 5) is 3.95. The van der Waals surface area contributed by atoms with Crippen molar-refractivity contribution in [1.82, 2.24) is 4.98 Å². The van der Waals surface area contributed by atoms with Crippen molar-refractivity contribution in [3.8, 4) is 12.1 Å². The molecule has 0 atom stereocenters. The molecular weight excluding hydrogens is 196 g/mol. The van der Waals surface area contributed by atoms with Gasteiger partial charge in [-0.15, -0.1) is 5.26 Å². The summed E-state index contributed by atoms with van der Waals surface area (Å²) in [5, 5.41) is 10.2. The molecule has 4 heteroatoms. The SMILES string of the molecule is N#COc1nccc2ccccc12.S. The summed E-state index contributed by atoms with van der Waals surface area (Å²) in [7, 11) is 0. The van der Waals surface area contributed by atoms with Gasteiger partial charge in [-0.2, -0.15) is 13.5 Å². The first-order chi connectivity index (χ1) is 6.42. The maximum absolute atomic E-state index is 8.37. The largest absolute Gasteiger partial charge is 0.367 e. The number of aromatic nitrogens is 1. The minimum absolute atomic E-state index is 0. The predicted octanol–water partition coefficient (Wildman–Crippen LogP) is 2.21. The molecule has 0 fully saturated rings. The van der Waals surface area contributed by atoms with E-state index in [0.29, 0.717) is 5.88 Å². The van der Waals surface area contributed by atoms with E-state index in [2.05, 4.69) is 4.98 Å². The molecule has 2 aromatic rings. The number of benzene rings is 1. The average Bonchev–Trinajstić information content (AvgIpc) is 2.19. The van der Waals surface area contributed by atoms with E-state index in [0.717, 1.165) is 10.8 Å². The second-order valence-electron chi connectivity index (χ2n) is 2.53. The van der Waals surface area contributed by atoms with Gasteiger partial charge in [-0.3, -0.25) is 0 Å². The van der Waals surface area contributed by atoms with Gasteiger partial charge in [0.05, 0.1) is 0 Å². The monoisotopic (exact) mass is 204 g/mol. The molecule has 0 aliphatic heterocycles. The quantitative estimate of drug-likeness (QED) is 0.669. The molecule has 0 aliphatic carbocycles. The lowest BCUT2D eigenvalue weighted by Crippen LogP contribution is -1.87. The van der Waals surface area contributed by atoms with E-state index < -0.39 is 0 Å². The van der Waals surface area contributed by atoms with Crippen LogP contribution in [0.2, 0.25) is 0 Å². The van der Waals surface area contributed by atoms with Gasteiger partial charge in [0.15, 0.2) is 0 Å². The zero-order chi connectivity index (χ0) is 9.10. The lowest BCUT2D eigenvalue weighted by atomic mass is 10.2. The van der Waals surface area contributed by atoms with Crippen molar-refractivity contribution in [1.29, 1.82) is 5.26 Å². The zero-order valence-corrected chi connectivity index (χ0v) is 8.27. The first-order valence-corrected chi connectivity index (χ1v) is 3.81. The van der Waals surface area contributed by atoms with Gasteiger partial charge in [-0.25, -0.2) is 4.98 Å². The summed E-state index contributed by atoms with van der Waals surface area (Å²) in [6.45, 7) is 0. The molecule has 1 aromatic carbocycles. The Hall–Kier alpha value is -1.73. The lowest BCUT2D eigenvalue weighted by molar-refractivity contribution is 0.493. The maximum atomic E-state index is 8.37. The molecule has 3 nitrogen and oxygen atoms in total. The maximum Gasteiger partial charge on any atom is 0.293 e. The van der Waals surface area contributed by atoms with Gasteiger partial charge in [0.1, 0.15) is 0 Å². The number of pyridine rings is 1. The van der Waals surface area contributed by atoms with E-state index >= 15 is 0 Å². The molecule has 70 valence electrons. The van der Waals surface area contributed by atoms with Crippen molar-refractivity contribution >= 4 is 24.3 Å². The van der Waals surface area contributed by atoms with Crippen LogP contribution in [0.1, 0.15) is 0 Å². The minimum atomic E-state index is 0. The fraction of sp³-hybridized carbons (Fsp3) is 0. The third kappa shape index (κ3) is 1.78. The standard InChI is InChI=1S/C10H6N2O.H2S/c11-7-13-10-9-4-2-1-3-8(9)5-6-12-10;/h1-6H;1H2. The van der Waals surface area contributed by atoms with Crippen molar-refractivity contribution < 1.29 is 4.74 Å². The van der Waals surface area contributed by atoms with Gasteiger partial charge >= 0.3 is 0 Å². The molecule has 14 heavy (non-hydrogen) atoms. The number of nitriles is 1.